The highest BCUT2D eigenvalue weighted by atomic mass is 16.5. The maximum atomic E-state index is 12.0. The van der Waals surface area contributed by atoms with Gasteiger partial charge in [0.15, 0.2) is 5.78 Å². The molecule has 2 aromatic rings. The molecule has 2 heteroatoms. The molecule has 0 unspecified atom stereocenters. The average molecular weight is 268 g/mol. The van der Waals surface area contributed by atoms with Crippen molar-refractivity contribution in [1.29, 1.82) is 0 Å². The van der Waals surface area contributed by atoms with Crippen LogP contribution in [0, 0.1) is 20.8 Å². The van der Waals surface area contributed by atoms with Crippen LogP contribution >= 0.6 is 0 Å². The van der Waals surface area contributed by atoms with Crippen molar-refractivity contribution in [2.24, 2.45) is 0 Å². The van der Waals surface area contributed by atoms with E-state index in [1.54, 1.807) is 0 Å². The molecule has 0 aliphatic heterocycles. The van der Waals surface area contributed by atoms with Gasteiger partial charge >= 0.3 is 0 Å². The summed E-state index contributed by atoms with van der Waals surface area (Å²) in [7, 11) is 0. The SMILES string of the molecule is CCC(=O)c1ccccc1Oc1c(C)ccc(C)c1C. The van der Waals surface area contributed by atoms with Crippen molar-refractivity contribution in [3.05, 3.63) is 58.7 Å². The monoisotopic (exact) mass is 268 g/mol. The van der Waals surface area contributed by atoms with Gasteiger partial charge in [-0.05, 0) is 49.6 Å². The standard InChI is InChI=1S/C18H20O2/c1-5-16(19)15-8-6-7-9-17(15)20-18-13(3)11-10-12(2)14(18)4/h6-11H,5H2,1-4H3. The van der Waals surface area contributed by atoms with E-state index in [9.17, 15) is 4.79 Å². The third-order valence-electron chi connectivity index (χ3n) is 3.59. The minimum Gasteiger partial charge on any atom is -0.456 e. The number of para-hydroxylation sites is 1. The Morgan fingerprint density at radius 2 is 1.65 bits per heavy atom. The fraction of sp³-hybridized carbons (Fsp3) is 0.278. The summed E-state index contributed by atoms with van der Waals surface area (Å²) < 4.78 is 6.05. The number of ether oxygens (including phenoxy) is 1. The van der Waals surface area contributed by atoms with Crippen LogP contribution in [0.2, 0.25) is 0 Å². The molecule has 0 saturated carbocycles. The van der Waals surface area contributed by atoms with Gasteiger partial charge in [0.1, 0.15) is 11.5 Å². The predicted molar refractivity (Wildman–Crippen MR) is 81.8 cm³/mol. The largest absolute Gasteiger partial charge is 0.456 e. The molecule has 0 bridgehead atoms. The number of carbonyl (C=O) groups excluding carboxylic acids is 1. The van der Waals surface area contributed by atoms with Crippen LogP contribution in [-0.2, 0) is 0 Å². The molecule has 0 amide bonds. The van der Waals surface area contributed by atoms with Gasteiger partial charge in [0.25, 0.3) is 0 Å². The van der Waals surface area contributed by atoms with E-state index in [4.69, 9.17) is 4.74 Å². The van der Waals surface area contributed by atoms with Crippen molar-refractivity contribution < 1.29 is 9.53 Å². The Bertz CT molecular complexity index is 642. The molecule has 0 aliphatic carbocycles. The number of rotatable bonds is 4. The van der Waals surface area contributed by atoms with E-state index in [1.165, 1.54) is 5.56 Å². The van der Waals surface area contributed by atoms with E-state index in [0.717, 1.165) is 16.9 Å². The van der Waals surface area contributed by atoms with Gasteiger partial charge in [0.2, 0.25) is 0 Å². The smallest absolute Gasteiger partial charge is 0.166 e. The van der Waals surface area contributed by atoms with Crippen LogP contribution in [0.1, 0.15) is 40.4 Å². The lowest BCUT2D eigenvalue weighted by atomic mass is 10.0. The molecule has 0 atom stereocenters. The second-order valence-electron chi connectivity index (χ2n) is 5.03. The van der Waals surface area contributed by atoms with Gasteiger partial charge in [-0.1, -0.05) is 31.2 Å². The van der Waals surface area contributed by atoms with Crippen LogP contribution < -0.4 is 4.74 Å². The molecular weight excluding hydrogens is 248 g/mol. The number of hydrogen-bond acceptors (Lipinski definition) is 2. The zero-order chi connectivity index (χ0) is 14.7. The lowest BCUT2D eigenvalue weighted by molar-refractivity contribution is 0.0986. The molecule has 2 rings (SSSR count). The fourth-order valence-corrected chi connectivity index (χ4v) is 2.17. The Hall–Kier alpha value is -2.09. The molecule has 2 nitrogen and oxygen atoms in total. The van der Waals surface area contributed by atoms with E-state index in [1.807, 2.05) is 51.1 Å². The molecule has 20 heavy (non-hydrogen) atoms. The van der Waals surface area contributed by atoms with Crippen LogP contribution in [0.25, 0.3) is 0 Å². The summed E-state index contributed by atoms with van der Waals surface area (Å²) >= 11 is 0. The maximum absolute atomic E-state index is 12.0. The molecular formula is C18H20O2. The predicted octanol–water partition coefficient (Wildman–Crippen LogP) is 5.00. The van der Waals surface area contributed by atoms with E-state index >= 15 is 0 Å². The van der Waals surface area contributed by atoms with Crippen molar-refractivity contribution in [2.45, 2.75) is 34.1 Å². The van der Waals surface area contributed by atoms with E-state index in [-0.39, 0.29) is 5.78 Å². The van der Waals surface area contributed by atoms with Gasteiger partial charge in [0, 0.05) is 6.42 Å². The van der Waals surface area contributed by atoms with Gasteiger partial charge in [-0.25, -0.2) is 0 Å². The number of carbonyl (C=O) groups is 1. The van der Waals surface area contributed by atoms with Crippen LogP contribution in [0.15, 0.2) is 36.4 Å². The van der Waals surface area contributed by atoms with E-state index in [0.29, 0.717) is 17.7 Å². The molecule has 0 fully saturated rings. The van der Waals surface area contributed by atoms with Crippen molar-refractivity contribution in [1.82, 2.24) is 0 Å². The highest BCUT2D eigenvalue weighted by Gasteiger charge is 2.13. The second-order valence-corrected chi connectivity index (χ2v) is 5.03. The normalized spacial score (nSPS) is 10.4. The summed E-state index contributed by atoms with van der Waals surface area (Å²) in [6, 6.07) is 11.6. The van der Waals surface area contributed by atoms with Crippen molar-refractivity contribution >= 4 is 5.78 Å². The first-order valence-electron chi connectivity index (χ1n) is 6.91. The number of Topliss-reactive ketones (excluding diaryl/α,β-unsaturated/α-hetero) is 1. The second kappa shape index (κ2) is 5.91. The Balaban J connectivity index is 2.46. The Morgan fingerprint density at radius 1 is 1.00 bits per heavy atom. The zero-order valence-corrected chi connectivity index (χ0v) is 12.5. The van der Waals surface area contributed by atoms with E-state index < -0.39 is 0 Å². The first-order valence-corrected chi connectivity index (χ1v) is 6.91. The van der Waals surface area contributed by atoms with Crippen LogP contribution in [0.3, 0.4) is 0 Å². The number of benzene rings is 2. The first-order chi connectivity index (χ1) is 9.54. The summed E-state index contributed by atoms with van der Waals surface area (Å²) in [6.07, 6.45) is 0.478. The quantitative estimate of drug-likeness (QED) is 0.730. The molecule has 2 aromatic carbocycles. The van der Waals surface area contributed by atoms with Gasteiger partial charge in [-0.3, -0.25) is 4.79 Å². The lowest BCUT2D eigenvalue weighted by Gasteiger charge is -2.15. The summed E-state index contributed by atoms with van der Waals surface area (Å²) in [4.78, 5) is 12.0. The summed E-state index contributed by atoms with van der Waals surface area (Å²) in [5.74, 6) is 1.58. The van der Waals surface area contributed by atoms with Gasteiger partial charge in [-0.2, -0.15) is 0 Å². The fourth-order valence-electron chi connectivity index (χ4n) is 2.17. The number of hydrogen-bond donors (Lipinski definition) is 0. The maximum Gasteiger partial charge on any atom is 0.166 e. The summed E-state index contributed by atoms with van der Waals surface area (Å²) in [5, 5.41) is 0. The molecule has 0 N–H and O–H groups in total. The van der Waals surface area contributed by atoms with Crippen LogP contribution in [0.4, 0.5) is 0 Å². The number of aryl methyl sites for hydroxylation is 2. The summed E-state index contributed by atoms with van der Waals surface area (Å²) in [5.41, 5.74) is 4.02. The Morgan fingerprint density at radius 3 is 2.35 bits per heavy atom. The van der Waals surface area contributed by atoms with Gasteiger partial charge < -0.3 is 4.74 Å². The number of ketones is 1. The molecule has 0 saturated heterocycles. The minimum atomic E-state index is 0.101. The highest BCUT2D eigenvalue weighted by molar-refractivity contribution is 5.98. The van der Waals surface area contributed by atoms with E-state index in [2.05, 4.69) is 13.0 Å². The third-order valence-corrected chi connectivity index (χ3v) is 3.59. The molecule has 0 aliphatic rings. The average Bonchev–Trinajstić information content (AvgIpc) is 2.47. The van der Waals surface area contributed by atoms with Gasteiger partial charge in [0.05, 0.1) is 5.56 Å². The van der Waals surface area contributed by atoms with Gasteiger partial charge in [-0.15, -0.1) is 0 Å². The molecule has 0 spiro atoms. The molecule has 0 heterocycles. The summed E-state index contributed by atoms with van der Waals surface area (Å²) in [6.45, 7) is 7.99. The van der Waals surface area contributed by atoms with Crippen LogP contribution in [0.5, 0.6) is 11.5 Å². The Kier molecular flexibility index (Phi) is 4.23. The van der Waals surface area contributed by atoms with Crippen molar-refractivity contribution in [3.63, 3.8) is 0 Å². The Labute approximate surface area is 120 Å². The topological polar surface area (TPSA) is 26.3 Å². The first kappa shape index (κ1) is 14.3. The third kappa shape index (κ3) is 2.74. The lowest BCUT2D eigenvalue weighted by Crippen LogP contribution is -2.01. The van der Waals surface area contributed by atoms with Crippen molar-refractivity contribution in [3.8, 4) is 11.5 Å². The van der Waals surface area contributed by atoms with Crippen LogP contribution in [-0.4, -0.2) is 5.78 Å². The molecule has 0 radical (unpaired) electrons. The minimum absolute atomic E-state index is 0.101. The highest BCUT2D eigenvalue weighted by Crippen LogP contribution is 2.32. The molecule has 104 valence electrons. The molecule has 0 aromatic heterocycles. The van der Waals surface area contributed by atoms with Crippen molar-refractivity contribution in [2.75, 3.05) is 0 Å². The zero-order valence-electron chi connectivity index (χ0n) is 12.5.